The number of hydrogen-bond donors (Lipinski definition) is 3. The van der Waals surface area contributed by atoms with Gasteiger partial charge in [0.15, 0.2) is 0 Å². The summed E-state index contributed by atoms with van der Waals surface area (Å²) in [6.07, 6.45) is 3.29. The summed E-state index contributed by atoms with van der Waals surface area (Å²) in [7, 11) is 0. The minimum Gasteiger partial charge on any atom is -0.361 e. The number of amides is 2. The molecule has 0 spiro atoms. The molecule has 0 saturated heterocycles. The lowest BCUT2D eigenvalue weighted by Gasteiger charge is -2.07. The highest BCUT2D eigenvalue weighted by molar-refractivity contribution is 6.40. The van der Waals surface area contributed by atoms with Gasteiger partial charge in [-0.25, -0.2) is 5.43 Å². The largest absolute Gasteiger partial charge is 0.361 e. The van der Waals surface area contributed by atoms with Crippen LogP contribution in [0.5, 0.6) is 0 Å². The molecule has 4 aromatic rings. The monoisotopic (exact) mass is 356 g/mol. The zero-order valence-corrected chi connectivity index (χ0v) is 14.3. The van der Waals surface area contributed by atoms with Crippen molar-refractivity contribution >= 4 is 45.4 Å². The van der Waals surface area contributed by atoms with Gasteiger partial charge in [-0.1, -0.05) is 54.6 Å². The van der Waals surface area contributed by atoms with Gasteiger partial charge >= 0.3 is 11.8 Å². The van der Waals surface area contributed by atoms with Crippen molar-refractivity contribution in [3.63, 3.8) is 0 Å². The van der Waals surface area contributed by atoms with E-state index in [4.69, 9.17) is 0 Å². The molecule has 3 aromatic carbocycles. The van der Waals surface area contributed by atoms with Gasteiger partial charge in [-0.15, -0.1) is 0 Å². The van der Waals surface area contributed by atoms with Gasteiger partial charge in [0.1, 0.15) is 0 Å². The Morgan fingerprint density at radius 3 is 2.48 bits per heavy atom. The quantitative estimate of drug-likeness (QED) is 0.298. The summed E-state index contributed by atoms with van der Waals surface area (Å²) in [4.78, 5) is 27.3. The number of para-hydroxylation sites is 1. The van der Waals surface area contributed by atoms with Crippen molar-refractivity contribution in [1.82, 2.24) is 10.4 Å². The molecule has 27 heavy (non-hydrogen) atoms. The number of benzene rings is 3. The highest BCUT2D eigenvalue weighted by atomic mass is 16.2. The third-order valence-corrected chi connectivity index (χ3v) is 4.24. The molecule has 6 nitrogen and oxygen atoms in total. The average molecular weight is 356 g/mol. The second-order valence-electron chi connectivity index (χ2n) is 5.97. The van der Waals surface area contributed by atoms with Gasteiger partial charge in [-0.3, -0.25) is 9.59 Å². The molecule has 0 bridgehead atoms. The van der Waals surface area contributed by atoms with Crippen molar-refractivity contribution in [2.45, 2.75) is 0 Å². The first kappa shape index (κ1) is 16.5. The summed E-state index contributed by atoms with van der Waals surface area (Å²) in [5, 5.41) is 9.34. The number of anilines is 1. The molecule has 6 heteroatoms. The van der Waals surface area contributed by atoms with Gasteiger partial charge in [0, 0.05) is 33.7 Å². The summed E-state index contributed by atoms with van der Waals surface area (Å²) < 4.78 is 0. The van der Waals surface area contributed by atoms with Crippen LogP contribution in [-0.4, -0.2) is 23.0 Å². The Balaban J connectivity index is 1.44. The molecule has 0 aliphatic heterocycles. The van der Waals surface area contributed by atoms with E-state index >= 15 is 0 Å². The molecule has 1 aromatic heterocycles. The molecule has 0 radical (unpaired) electrons. The first-order chi connectivity index (χ1) is 13.2. The Morgan fingerprint density at radius 2 is 1.59 bits per heavy atom. The van der Waals surface area contributed by atoms with Gasteiger partial charge < -0.3 is 10.3 Å². The number of carbonyl (C=O) groups excluding carboxylic acids is 2. The fourth-order valence-corrected chi connectivity index (χ4v) is 2.93. The first-order valence-corrected chi connectivity index (χ1v) is 8.40. The Morgan fingerprint density at radius 1 is 0.852 bits per heavy atom. The molecular formula is C21H16N4O2. The van der Waals surface area contributed by atoms with Crippen LogP contribution in [0.25, 0.3) is 21.7 Å². The number of aromatic amines is 1. The molecule has 0 atom stereocenters. The number of rotatable bonds is 3. The molecule has 0 aliphatic carbocycles. The highest BCUT2D eigenvalue weighted by Gasteiger charge is 2.14. The maximum atomic E-state index is 12.2. The van der Waals surface area contributed by atoms with Crippen LogP contribution in [0, 0.1) is 0 Å². The summed E-state index contributed by atoms with van der Waals surface area (Å²) >= 11 is 0. The average Bonchev–Trinajstić information content (AvgIpc) is 3.11. The SMILES string of the molecule is O=C(N/N=C\c1c[nH]c2ccccc12)C(=O)Nc1cccc2ccccc12. The lowest BCUT2D eigenvalue weighted by atomic mass is 10.1. The normalized spacial score (nSPS) is 11.1. The van der Waals surface area contributed by atoms with E-state index in [9.17, 15) is 9.59 Å². The second-order valence-corrected chi connectivity index (χ2v) is 5.97. The van der Waals surface area contributed by atoms with E-state index < -0.39 is 11.8 Å². The number of fused-ring (bicyclic) bond motifs is 2. The molecule has 0 fully saturated rings. The third-order valence-electron chi connectivity index (χ3n) is 4.24. The standard InChI is InChI=1S/C21H16N4O2/c26-20(24-19-11-5-7-14-6-1-2-8-16(14)19)21(27)25-23-13-15-12-22-18-10-4-3-9-17(15)18/h1-13,22H,(H,24,26)(H,25,27)/b23-13-. The fourth-order valence-electron chi connectivity index (χ4n) is 2.93. The van der Waals surface area contributed by atoms with Crippen LogP contribution in [0.4, 0.5) is 5.69 Å². The molecule has 0 aliphatic rings. The van der Waals surface area contributed by atoms with Crippen LogP contribution in [0.1, 0.15) is 5.56 Å². The van der Waals surface area contributed by atoms with Crippen LogP contribution in [-0.2, 0) is 9.59 Å². The number of carbonyl (C=O) groups is 2. The van der Waals surface area contributed by atoms with Crippen LogP contribution in [0.2, 0.25) is 0 Å². The summed E-state index contributed by atoms with van der Waals surface area (Å²) in [5.74, 6) is -1.61. The van der Waals surface area contributed by atoms with E-state index in [0.29, 0.717) is 5.69 Å². The lowest BCUT2D eigenvalue weighted by molar-refractivity contribution is -0.136. The Kier molecular flexibility index (Phi) is 4.37. The molecule has 0 unspecified atom stereocenters. The molecule has 0 saturated carbocycles. The van der Waals surface area contributed by atoms with Gasteiger partial charge in [0.25, 0.3) is 0 Å². The van der Waals surface area contributed by atoms with E-state index in [1.54, 1.807) is 12.3 Å². The summed E-state index contributed by atoms with van der Waals surface area (Å²) in [5.41, 5.74) is 4.63. The van der Waals surface area contributed by atoms with Crippen molar-refractivity contribution in [2.75, 3.05) is 5.32 Å². The minimum absolute atomic E-state index is 0.578. The third kappa shape index (κ3) is 3.41. The molecule has 4 rings (SSSR count). The number of hydrogen-bond acceptors (Lipinski definition) is 3. The Hall–Kier alpha value is -3.93. The number of aromatic nitrogens is 1. The number of nitrogens with zero attached hydrogens (tertiary/aromatic N) is 1. The van der Waals surface area contributed by atoms with Crippen molar-refractivity contribution in [2.24, 2.45) is 5.10 Å². The van der Waals surface area contributed by atoms with Crippen LogP contribution < -0.4 is 10.7 Å². The number of hydrazone groups is 1. The van der Waals surface area contributed by atoms with Gasteiger partial charge in [0.2, 0.25) is 0 Å². The number of H-pyrrole nitrogens is 1. The van der Waals surface area contributed by atoms with Crippen LogP contribution >= 0.6 is 0 Å². The highest BCUT2D eigenvalue weighted by Crippen LogP contribution is 2.22. The van der Waals surface area contributed by atoms with Gasteiger partial charge in [-0.2, -0.15) is 5.10 Å². The van der Waals surface area contributed by atoms with Crippen molar-refractivity contribution < 1.29 is 9.59 Å². The molecule has 3 N–H and O–H groups in total. The summed E-state index contributed by atoms with van der Waals surface area (Å²) in [6, 6.07) is 20.9. The van der Waals surface area contributed by atoms with Crippen molar-refractivity contribution in [1.29, 1.82) is 0 Å². The van der Waals surface area contributed by atoms with E-state index in [1.807, 2.05) is 60.7 Å². The van der Waals surface area contributed by atoms with Gasteiger partial charge in [-0.05, 0) is 17.5 Å². The fraction of sp³-hybridized carbons (Fsp3) is 0. The maximum Gasteiger partial charge on any atom is 0.329 e. The lowest BCUT2D eigenvalue weighted by Crippen LogP contribution is -2.32. The van der Waals surface area contributed by atoms with Crippen LogP contribution in [0.15, 0.2) is 78.0 Å². The zero-order valence-electron chi connectivity index (χ0n) is 14.3. The van der Waals surface area contributed by atoms with E-state index in [2.05, 4.69) is 20.8 Å². The van der Waals surface area contributed by atoms with Crippen molar-refractivity contribution in [3.8, 4) is 0 Å². The molecular weight excluding hydrogens is 340 g/mol. The predicted molar refractivity (Wildman–Crippen MR) is 107 cm³/mol. The van der Waals surface area contributed by atoms with E-state index in [-0.39, 0.29) is 0 Å². The Labute approximate surface area is 154 Å². The zero-order chi connectivity index (χ0) is 18.6. The number of nitrogens with one attached hydrogen (secondary N) is 3. The molecule has 1 heterocycles. The topological polar surface area (TPSA) is 86.3 Å². The van der Waals surface area contributed by atoms with Gasteiger partial charge in [0.05, 0.1) is 6.21 Å². The Bertz CT molecular complexity index is 1170. The minimum atomic E-state index is -0.834. The van der Waals surface area contributed by atoms with E-state index in [0.717, 1.165) is 27.2 Å². The first-order valence-electron chi connectivity index (χ1n) is 8.40. The second kappa shape index (κ2) is 7.13. The molecule has 132 valence electrons. The van der Waals surface area contributed by atoms with Crippen LogP contribution in [0.3, 0.4) is 0 Å². The summed E-state index contributed by atoms with van der Waals surface area (Å²) in [6.45, 7) is 0. The van der Waals surface area contributed by atoms with Crippen molar-refractivity contribution in [3.05, 3.63) is 78.5 Å². The predicted octanol–water partition coefficient (Wildman–Crippen LogP) is 3.41. The molecule has 2 amide bonds. The van der Waals surface area contributed by atoms with E-state index in [1.165, 1.54) is 6.21 Å². The maximum absolute atomic E-state index is 12.2. The smallest absolute Gasteiger partial charge is 0.329 e.